The van der Waals surface area contributed by atoms with Gasteiger partial charge in [0, 0.05) is 0 Å². The Bertz CT molecular complexity index is 999. The number of benzene rings is 3. The SMILES string of the molecule is NC(=O)[C@@H](O)[C@@H](OCc1ccccc1)[C@H](OCc1ccccc1)[C@@H](C=O)OCc1ccccc1. The standard InChI is InChI=1S/C27H29NO6/c28-27(31)24(30)26(34-19-22-14-8-3-9-15-22)25(33-18-21-12-6-2-7-13-21)23(16-29)32-17-20-10-4-1-5-11-20/h1-16,23-26,30H,17-19H2,(H2,28,31)/t23-,24+,25-,26-/m1/s1. The first-order chi connectivity index (χ1) is 16.6. The van der Waals surface area contributed by atoms with Gasteiger partial charge in [-0.3, -0.25) is 4.79 Å². The molecule has 0 bridgehead atoms. The van der Waals surface area contributed by atoms with Gasteiger partial charge in [0.15, 0.2) is 12.4 Å². The van der Waals surface area contributed by atoms with Crippen molar-refractivity contribution in [3.8, 4) is 0 Å². The summed E-state index contributed by atoms with van der Waals surface area (Å²) >= 11 is 0. The number of aliphatic hydroxyl groups is 1. The Kier molecular flexibility index (Phi) is 9.94. The van der Waals surface area contributed by atoms with E-state index in [9.17, 15) is 14.7 Å². The first-order valence-electron chi connectivity index (χ1n) is 11.0. The number of rotatable bonds is 14. The number of ether oxygens (including phenoxy) is 3. The first-order valence-corrected chi connectivity index (χ1v) is 11.0. The maximum atomic E-state index is 12.1. The number of primary amides is 1. The highest BCUT2D eigenvalue weighted by Gasteiger charge is 2.39. The van der Waals surface area contributed by atoms with Gasteiger partial charge in [0.1, 0.15) is 18.3 Å². The highest BCUT2D eigenvalue weighted by molar-refractivity contribution is 5.79. The van der Waals surface area contributed by atoms with E-state index in [4.69, 9.17) is 19.9 Å². The van der Waals surface area contributed by atoms with E-state index >= 15 is 0 Å². The largest absolute Gasteiger partial charge is 0.380 e. The molecule has 3 aromatic rings. The third kappa shape index (κ3) is 7.60. The normalized spacial score (nSPS) is 14.6. The minimum absolute atomic E-state index is 0.0747. The Morgan fingerprint density at radius 1 is 0.706 bits per heavy atom. The van der Waals surface area contributed by atoms with Gasteiger partial charge in [-0.05, 0) is 16.7 Å². The number of nitrogens with two attached hydrogens (primary N) is 1. The molecule has 0 radical (unpaired) electrons. The molecule has 0 spiro atoms. The fourth-order valence-corrected chi connectivity index (χ4v) is 3.42. The topological polar surface area (TPSA) is 108 Å². The Balaban J connectivity index is 1.83. The monoisotopic (exact) mass is 463 g/mol. The molecule has 0 unspecified atom stereocenters. The minimum atomic E-state index is -1.72. The van der Waals surface area contributed by atoms with Crippen LogP contribution in [-0.4, -0.2) is 41.7 Å². The summed E-state index contributed by atoms with van der Waals surface area (Å²) in [4.78, 5) is 24.0. The lowest BCUT2D eigenvalue weighted by atomic mass is 10.0. The van der Waals surface area contributed by atoms with E-state index in [1.165, 1.54) is 0 Å². The fraction of sp³-hybridized carbons (Fsp3) is 0.259. The molecule has 1 amide bonds. The molecule has 3 N–H and O–H groups in total. The van der Waals surface area contributed by atoms with Crippen LogP contribution in [0.2, 0.25) is 0 Å². The summed E-state index contributed by atoms with van der Waals surface area (Å²) in [5.41, 5.74) is 7.92. The van der Waals surface area contributed by atoms with Gasteiger partial charge in [0.05, 0.1) is 19.8 Å². The fourth-order valence-electron chi connectivity index (χ4n) is 3.42. The van der Waals surface area contributed by atoms with Crippen LogP contribution < -0.4 is 5.73 Å². The molecule has 178 valence electrons. The molecule has 7 nitrogen and oxygen atoms in total. The zero-order valence-corrected chi connectivity index (χ0v) is 18.7. The smallest absolute Gasteiger partial charge is 0.249 e. The number of hydrogen-bond donors (Lipinski definition) is 2. The van der Waals surface area contributed by atoms with Crippen molar-refractivity contribution < 1.29 is 28.9 Å². The van der Waals surface area contributed by atoms with Crippen molar-refractivity contribution >= 4 is 12.2 Å². The van der Waals surface area contributed by atoms with Crippen LogP contribution in [0.25, 0.3) is 0 Å². The van der Waals surface area contributed by atoms with Crippen molar-refractivity contribution in [2.75, 3.05) is 0 Å². The average Bonchev–Trinajstić information content (AvgIpc) is 2.88. The summed E-state index contributed by atoms with van der Waals surface area (Å²) in [6.45, 7) is 0.319. The first kappa shape index (κ1) is 25.3. The van der Waals surface area contributed by atoms with Crippen molar-refractivity contribution in [2.45, 2.75) is 44.2 Å². The van der Waals surface area contributed by atoms with Crippen LogP contribution >= 0.6 is 0 Å². The second-order valence-electron chi connectivity index (χ2n) is 7.77. The van der Waals surface area contributed by atoms with Crippen LogP contribution in [0.15, 0.2) is 91.0 Å². The molecule has 0 saturated heterocycles. The quantitative estimate of drug-likeness (QED) is 0.356. The zero-order chi connectivity index (χ0) is 24.2. The lowest BCUT2D eigenvalue weighted by Gasteiger charge is -2.33. The molecule has 4 atom stereocenters. The summed E-state index contributed by atoms with van der Waals surface area (Å²) in [7, 11) is 0. The molecule has 3 aromatic carbocycles. The number of amides is 1. The van der Waals surface area contributed by atoms with E-state index in [1.54, 1.807) is 0 Å². The predicted octanol–water partition coefficient (Wildman–Crippen LogP) is 2.79. The predicted molar refractivity (Wildman–Crippen MR) is 126 cm³/mol. The maximum absolute atomic E-state index is 12.1. The molecule has 0 saturated carbocycles. The molecular weight excluding hydrogens is 434 g/mol. The van der Waals surface area contributed by atoms with Gasteiger partial charge in [0.2, 0.25) is 5.91 Å². The van der Waals surface area contributed by atoms with Crippen molar-refractivity contribution in [3.63, 3.8) is 0 Å². The second-order valence-corrected chi connectivity index (χ2v) is 7.77. The van der Waals surface area contributed by atoms with E-state index in [0.29, 0.717) is 6.29 Å². The third-order valence-corrected chi connectivity index (χ3v) is 5.24. The lowest BCUT2D eigenvalue weighted by molar-refractivity contribution is -0.182. The minimum Gasteiger partial charge on any atom is -0.380 e. The molecule has 0 fully saturated rings. The van der Waals surface area contributed by atoms with Crippen LogP contribution in [0, 0.1) is 0 Å². The van der Waals surface area contributed by atoms with Crippen LogP contribution in [0.3, 0.4) is 0 Å². The molecule has 0 aromatic heterocycles. The molecule has 0 heterocycles. The summed E-state index contributed by atoms with van der Waals surface area (Å²) < 4.78 is 17.8. The van der Waals surface area contributed by atoms with E-state index in [1.807, 2.05) is 91.0 Å². The van der Waals surface area contributed by atoms with Crippen LogP contribution in [-0.2, 0) is 43.6 Å². The number of carbonyl (C=O) groups excluding carboxylic acids is 2. The Labute approximate surface area is 199 Å². The second kappa shape index (κ2) is 13.4. The number of carbonyl (C=O) groups is 2. The van der Waals surface area contributed by atoms with Crippen molar-refractivity contribution in [1.82, 2.24) is 0 Å². The lowest BCUT2D eigenvalue weighted by Crippen LogP contribution is -2.53. The molecule has 0 aliphatic heterocycles. The molecule has 34 heavy (non-hydrogen) atoms. The number of aliphatic hydroxyl groups excluding tert-OH is 1. The Morgan fingerprint density at radius 3 is 1.47 bits per heavy atom. The average molecular weight is 464 g/mol. The number of aldehydes is 1. The summed E-state index contributed by atoms with van der Waals surface area (Å²) in [5.74, 6) is -0.987. The van der Waals surface area contributed by atoms with Crippen LogP contribution in [0.5, 0.6) is 0 Å². The van der Waals surface area contributed by atoms with Crippen LogP contribution in [0.4, 0.5) is 0 Å². The van der Waals surface area contributed by atoms with Gasteiger partial charge >= 0.3 is 0 Å². The van der Waals surface area contributed by atoms with Gasteiger partial charge < -0.3 is 29.8 Å². The van der Waals surface area contributed by atoms with Crippen LogP contribution in [0.1, 0.15) is 16.7 Å². The molecule has 0 aliphatic rings. The Morgan fingerprint density at radius 2 is 1.09 bits per heavy atom. The van der Waals surface area contributed by atoms with Gasteiger partial charge in [-0.15, -0.1) is 0 Å². The Hall–Kier alpha value is -3.36. The third-order valence-electron chi connectivity index (χ3n) is 5.24. The number of hydrogen-bond acceptors (Lipinski definition) is 6. The van der Waals surface area contributed by atoms with E-state index in [2.05, 4.69) is 0 Å². The van der Waals surface area contributed by atoms with E-state index in [-0.39, 0.29) is 19.8 Å². The van der Waals surface area contributed by atoms with Gasteiger partial charge in [-0.25, -0.2) is 0 Å². The molecular formula is C27H29NO6. The summed E-state index contributed by atoms with van der Waals surface area (Å²) in [6, 6.07) is 27.9. The van der Waals surface area contributed by atoms with Gasteiger partial charge in [-0.1, -0.05) is 91.0 Å². The van der Waals surface area contributed by atoms with Gasteiger partial charge in [-0.2, -0.15) is 0 Å². The highest BCUT2D eigenvalue weighted by Crippen LogP contribution is 2.20. The van der Waals surface area contributed by atoms with Crippen molar-refractivity contribution in [2.24, 2.45) is 5.73 Å². The van der Waals surface area contributed by atoms with E-state index < -0.39 is 30.3 Å². The van der Waals surface area contributed by atoms with Crippen molar-refractivity contribution in [3.05, 3.63) is 108 Å². The van der Waals surface area contributed by atoms with E-state index in [0.717, 1.165) is 16.7 Å². The van der Waals surface area contributed by atoms with Gasteiger partial charge in [0.25, 0.3) is 0 Å². The molecule has 7 heteroatoms. The zero-order valence-electron chi connectivity index (χ0n) is 18.7. The molecule has 0 aliphatic carbocycles. The maximum Gasteiger partial charge on any atom is 0.249 e. The van der Waals surface area contributed by atoms with Crippen molar-refractivity contribution in [1.29, 1.82) is 0 Å². The molecule has 3 rings (SSSR count). The highest BCUT2D eigenvalue weighted by atomic mass is 16.6. The summed E-state index contributed by atoms with van der Waals surface area (Å²) in [6.07, 6.45) is -4.60. The summed E-state index contributed by atoms with van der Waals surface area (Å²) in [5, 5.41) is 10.6.